The van der Waals surface area contributed by atoms with Crippen LogP contribution < -0.4 is 24.3 Å². The SMILES string of the molecule is COc1ccc(C(C)(C)C)cc1NC(=O)c1cc(OC)c(OC)cc1OC. The van der Waals surface area contributed by atoms with Gasteiger partial charge in [-0.2, -0.15) is 0 Å². The molecule has 0 aliphatic rings. The van der Waals surface area contributed by atoms with Crippen molar-refractivity contribution in [2.24, 2.45) is 0 Å². The highest BCUT2D eigenvalue weighted by Gasteiger charge is 2.21. The minimum atomic E-state index is -0.336. The van der Waals surface area contributed by atoms with E-state index in [-0.39, 0.29) is 11.3 Å². The number of methoxy groups -OCH3 is 4. The molecular formula is C21H27NO5. The first-order valence-corrected chi connectivity index (χ1v) is 8.55. The van der Waals surface area contributed by atoms with Gasteiger partial charge in [0.15, 0.2) is 11.5 Å². The van der Waals surface area contributed by atoms with Crippen molar-refractivity contribution in [2.75, 3.05) is 33.8 Å². The maximum atomic E-state index is 12.9. The summed E-state index contributed by atoms with van der Waals surface area (Å²) in [6.45, 7) is 6.33. The van der Waals surface area contributed by atoms with Crippen molar-refractivity contribution in [3.63, 3.8) is 0 Å². The van der Waals surface area contributed by atoms with Crippen LogP contribution in [0, 0.1) is 0 Å². The lowest BCUT2D eigenvalue weighted by molar-refractivity contribution is 0.102. The van der Waals surface area contributed by atoms with Gasteiger partial charge in [0.1, 0.15) is 11.5 Å². The second-order valence-electron chi connectivity index (χ2n) is 7.03. The van der Waals surface area contributed by atoms with Gasteiger partial charge in [-0.1, -0.05) is 26.8 Å². The Kier molecular flexibility index (Phi) is 6.20. The second kappa shape index (κ2) is 8.20. The van der Waals surface area contributed by atoms with E-state index in [4.69, 9.17) is 18.9 Å². The first-order chi connectivity index (χ1) is 12.7. The van der Waals surface area contributed by atoms with Crippen LogP contribution in [0.4, 0.5) is 5.69 Å². The molecule has 0 aliphatic carbocycles. The summed E-state index contributed by atoms with van der Waals surface area (Å²) < 4.78 is 21.3. The highest BCUT2D eigenvalue weighted by Crippen LogP contribution is 2.36. The zero-order valence-electron chi connectivity index (χ0n) is 16.9. The lowest BCUT2D eigenvalue weighted by atomic mass is 9.87. The highest BCUT2D eigenvalue weighted by molar-refractivity contribution is 6.07. The summed E-state index contributed by atoms with van der Waals surface area (Å²) >= 11 is 0. The van der Waals surface area contributed by atoms with Crippen molar-refractivity contribution in [3.8, 4) is 23.0 Å². The zero-order valence-corrected chi connectivity index (χ0v) is 16.9. The molecule has 146 valence electrons. The Balaban J connectivity index is 2.45. The Morgan fingerprint density at radius 2 is 1.33 bits per heavy atom. The molecule has 0 radical (unpaired) electrons. The van der Waals surface area contributed by atoms with Gasteiger partial charge in [-0.05, 0) is 23.1 Å². The van der Waals surface area contributed by atoms with Gasteiger partial charge in [-0.15, -0.1) is 0 Å². The van der Waals surface area contributed by atoms with Gasteiger partial charge in [0.2, 0.25) is 0 Å². The Hall–Kier alpha value is -2.89. The first kappa shape index (κ1) is 20.4. The van der Waals surface area contributed by atoms with E-state index in [1.54, 1.807) is 19.2 Å². The molecule has 2 aromatic rings. The molecule has 6 heteroatoms. The van der Waals surface area contributed by atoms with Crippen LogP contribution in [0.5, 0.6) is 23.0 Å². The van der Waals surface area contributed by atoms with E-state index in [1.165, 1.54) is 21.3 Å². The number of carbonyl (C=O) groups is 1. The maximum Gasteiger partial charge on any atom is 0.259 e. The average molecular weight is 373 g/mol. The van der Waals surface area contributed by atoms with Crippen LogP contribution in [0.2, 0.25) is 0 Å². The van der Waals surface area contributed by atoms with E-state index in [9.17, 15) is 4.79 Å². The Labute approximate surface area is 160 Å². The molecule has 0 bridgehead atoms. The van der Waals surface area contributed by atoms with Gasteiger partial charge in [-0.3, -0.25) is 4.79 Å². The number of hydrogen-bond acceptors (Lipinski definition) is 5. The van der Waals surface area contributed by atoms with E-state index in [0.29, 0.717) is 34.2 Å². The van der Waals surface area contributed by atoms with E-state index in [2.05, 4.69) is 26.1 Å². The van der Waals surface area contributed by atoms with Crippen LogP contribution in [0.1, 0.15) is 36.7 Å². The van der Waals surface area contributed by atoms with Gasteiger partial charge in [-0.25, -0.2) is 0 Å². The molecule has 1 N–H and O–H groups in total. The fraction of sp³-hybridized carbons (Fsp3) is 0.381. The molecule has 0 heterocycles. The predicted octanol–water partition coefficient (Wildman–Crippen LogP) is 4.27. The number of nitrogens with one attached hydrogen (secondary N) is 1. The molecular weight excluding hydrogens is 346 g/mol. The van der Waals surface area contributed by atoms with Gasteiger partial charge in [0.05, 0.1) is 39.7 Å². The molecule has 0 aliphatic heterocycles. The normalized spacial score (nSPS) is 10.9. The van der Waals surface area contributed by atoms with E-state index in [0.717, 1.165) is 5.56 Å². The molecule has 2 rings (SSSR count). The standard InChI is InChI=1S/C21H27NO5/c1-21(2,3)13-8-9-16(24-4)15(10-13)22-20(23)14-11-18(26-6)19(27-7)12-17(14)25-5/h8-12H,1-7H3,(H,22,23). The maximum absolute atomic E-state index is 12.9. The van der Waals surface area contributed by atoms with E-state index >= 15 is 0 Å². The topological polar surface area (TPSA) is 66.0 Å². The summed E-state index contributed by atoms with van der Waals surface area (Å²) in [5.41, 5.74) is 1.94. The van der Waals surface area contributed by atoms with Crippen LogP contribution in [0.3, 0.4) is 0 Å². The fourth-order valence-electron chi connectivity index (χ4n) is 2.67. The molecule has 1 amide bonds. The molecule has 2 aromatic carbocycles. The van der Waals surface area contributed by atoms with Crippen LogP contribution in [-0.2, 0) is 5.41 Å². The van der Waals surface area contributed by atoms with Gasteiger partial charge in [0.25, 0.3) is 5.91 Å². The third-order valence-electron chi connectivity index (χ3n) is 4.26. The van der Waals surface area contributed by atoms with Crippen molar-refractivity contribution >= 4 is 11.6 Å². The number of benzene rings is 2. The third kappa shape index (κ3) is 4.45. The smallest absolute Gasteiger partial charge is 0.259 e. The summed E-state index contributed by atoms with van der Waals surface area (Å²) in [4.78, 5) is 12.9. The molecule has 0 spiro atoms. The number of anilines is 1. The van der Waals surface area contributed by atoms with Gasteiger partial charge < -0.3 is 24.3 Å². The van der Waals surface area contributed by atoms with Crippen molar-refractivity contribution in [3.05, 3.63) is 41.5 Å². The highest BCUT2D eigenvalue weighted by atomic mass is 16.5. The number of hydrogen-bond donors (Lipinski definition) is 1. The molecule has 0 saturated heterocycles. The van der Waals surface area contributed by atoms with Crippen LogP contribution in [-0.4, -0.2) is 34.3 Å². The molecule has 0 atom stereocenters. The monoisotopic (exact) mass is 373 g/mol. The van der Waals surface area contributed by atoms with Gasteiger partial charge >= 0.3 is 0 Å². The second-order valence-corrected chi connectivity index (χ2v) is 7.03. The lowest BCUT2D eigenvalue weighted by Gasteiger charge is -2.21. The first-order valence-electron chi connectivity index (χ1n) is 8.55. The zero-order chi connectivity index (χ0) is 20.2. The van der Waals surface area contributed by atoms with Crippen LogP contribution >= 0.6 is 0 Å². The summed E-state index contributed by atoms with van der Waals surface area (Å²) in [7, 11) is 6.11. The summed E-state index contributed by atoms with van der Waals surface area (Å²) in [6.07, 6.45) is 0. The van der Waals surface area contributed by atoms with Crippen molar-refractivity contribution in [2.45, 2.75) is 26.2 Å². The number of ether oxygens (including phenoxy) is 4. The van der Waals surface area contributed by atoms with Crippen LogP contribution in [0.25, 0.3) is 0 Å². The fourth-order valence-corrected chi connectivity index (χ4v) is 2.67. The molecule has 0 fully saturated rings. The molecule has 0 unspecified atom stereocenters. The minimum Gasteiger partial charge on any atom is -0.496 e. The van der Waals surface area contributed by atoms with E-state index in [1.807, 2.05) is 18.2 Å². The molecule has 27 heavy (non-hydrogen) atoms. The number of amides is 1. The summed E-state index contributed by atoms with van der Waals surface area (Å²) in [5.74, 6) is 1.56. The summed E-state index contributed by atoms with van der Waals surface area (Å²) in [5, 5.41) is 2.91. The molecule has 0 aromatic heterocycles. The van der Waals surface area contributed by atoms with Crippen LogP contribution in [0.15, 0.2) is 30.3 Å². The van der Waals surface area contributed by atoms with Crippen molar-refractivity contribution < 1.29 is 23.7 Å². The quantitative estimate of drug-likeness (QED) is 0.819. The Morgan fingerprint density at radius 3 is 1.85 bits per heavy atom. The average Bonchev–Trinajstić information content (AvgIpc) is 2.65. The number of carbonyl (C=O) groups excluding carboxylic acids is 1. The van der Waals surface area contributed by atoms with Gasteiger partial charge in [0, 0.05) is 12.1 Å². The Morgan fingerprint density at radius 1 is 0.778 bits per heavy atom. The third-order valence-corrected chi connectivity index (χ3v) is 4.26. The predicted molar refractivity (Wildman–Crippen MR) is 106 cm³/mol. The van der Waals surface area contributed by atoms with E-state index < -0.39 is 0 Å². The minimum absolute atomic E-state index is 0.0627. The van der Waals surface area contributed by atoms with Crippen molar-refractivity contribution in [1.29, 1.82) is 0 Å². The molecule has 6 nitrogen and oxygen atoms in total. The Bertz CT molecular complexity index is 824. The molecule has 0 saturated carbocycles. The lowest BCUT2D eigenvalue weighted by Crippen LogP contribution is -2.16. The van der Waals surface area contributed by atoms with Crippen molar-refractivity contribution in [1.82, 2.24) is 0 Å². The summed E-state index contributed by atoms with van der Waals surface area (Å²) in [6, 6.07) is 8.97. The largest absolute Gasteiger partial charge is 0.496 e. The number of rotatable bonds is 6.